The molecule has 2 aromatic heterocycles. The number of amides is 1. The molecule has 3 N–H and O–H groups in total. The van der Waals surface area contributed by atoms with Crippen LogP contribution in [-0.2, 0) is 11.2 Å². The fourth-order valence-corrected chi connectivity index (χ4v) is 10.0. The SMILES string of the molecule is COc1c(Br)cc2c(c1Br)c(C(CN)n1c(Br)c(CCNC(C)=O)c3c(Br)c(OC)c(Br)cc31)c(Br)n2C(C)=O. The van der Waals surface area contributed by atoms with Crippen molar-refractivity contribution in [2.75, 3.05) is 27.3 Å². The fraction of sp³-hybridized carbons (Fsp3) is 0.308. The number of carbonyl (C=O) groups excluding carboxylic acids is 2. The number of methoxy groups -OCH3 is 2. The number of nitrogens with one attached hydrogen (secondary N) is 1. The highest BCUT2D eigenvalue weighted by Gasteiger charge is 2.32. The highest BCUT2D eigenvalue weighted by Crippen LogP contribution is 2.50. The monoisotopic (exact) mass is 930 g/mol. The molecule has 2 aromatic carbocycles. The second kappa shape index (κ2) is 12.8. The van der Waals surface area contributed by atoms with Crippen LogP contribution in [0.3, 0.4) is 0 Å². The van der Waals surface area contributed by atoms with Crippen molar-refractivity contribution in [3.05, 3.63) is 50.4 Å². The molecule has 2 heterocycles. The summed E-state index contributed by atoms with van der Waals surface area (Å²) in [5.74, 6) is 0.977. The molecule has 1 atom stereocenters. The highest BCUT2D eigenvalue weighted by molar-refractivity contribution is 9.11. The van der Waals surface area contributed by atoms with Gasteiger partial charge in [0.25, 0.3) is 0 Å². The summed E-state index contributed by atoms with van der Waals surface area (Å²) in [4.78, 5) is 24.5. The van der Waals surface area contributed by atoms with E-state index in [4.69, 9.17) is 15.2 Å². The Morgan fingerprint density at radius 2 is 1.45 bits per heavy atom. The minimum absolute atomic E-state index is 0.106. The van der Waals surface area contributed by atoms with Gasteiger partial charge < -0.3 is 25.1 Å². The number of fused-ring (bicyclic) bond motifs is 2. The molecule has 214 valence electrons. The molecule has 0 aliphatic heterocycles. The molecule has 0 saturated carbocycles. The Morgan fingerprint density at radius 3 is 1.95 bits per heavy atom. The first-order chi connectivity index (χ1) is 18.9. The third kappa shape index (κ3) is 5.35. The maximum Gasteiger partial charge on any atom is 0.228 e. The lowest BCUT2D eigenvalue weighted by molar-refractivity contribution is -0.118. The first-order valence-corrected chi connectivity index (χ1v) is 16.6. The molecule has 0 radical (unpaired) electrons. The zero-order valence-corrected chi connectivity index (χ0v) is 31.2. The normalized spacial score (nSPS) is 12.3. The summed E-state index contributed by atoms with van der Waals surface area (Å²) >= 11 is 22.3. The van der Waals surface area contributed by atoms with Gasteiger partial charge in [-0.3, -0.25) is 14.2 Å². The molecule has 4 aromatic rings. The van der Waals surface area contributed by atoms with E-state index >= 15 is 0 Å². The van der Waals surface area contributed by atoms with E-state index in [0.29, 0.717) is 43.5 Å². The number of halogens is 6. The van der Waals surface area contributed by atoms with Gasteiger partial charge in [-0.25, -0.2) is 0 Å². The van der Waals surface area contributed by atoms with Crippen LogP contribution in [-0.4, -0.2) is 48.3 Å². The molecule has 0 aliphatic rings. The number of hydrogen-bond acceptors (Lipinski definition) is 5. The van der Waals surface area contributed by atoms with E-state index in [0.717, 1.165) is 41.0 Å². The van der Waals surface area contributed by atoms with E-state index in [1.54, 1.807) is 18.8 Å². The highest BCUT2D eigenvalue weighted by atomic mass is 79.9. The predicted octanol–water partition coefficient (Wildman–Crippen LogP) is 8.08. The van der Waals surface area contributed by atoms with E-state index in [1.165, 1.54) is 13.8 Å². The van der Waals surface area contributed by atoms with E-state index in [1.807, 2.05) is 12.1 Å². The number of ether oxygens (including phenoxy) is 2. The van der Waals surface area contributed by atoms with Crippen LogP contribution < -0.4 is 20.5 Å². The molecule has 0 saturated heterocycles. The summed E-state index contributed by atoms with van der Waals surface area (Å²) in [6, 6.07) is 3.42. The summed E-state index contributed by atoms with van der Waals surface area (Å²) in [5, 5.41) is 4.59. The average Bonchev–Trinajstić information content (AvgIpc) is 3.31. The smallest absolute Gasteiger partial charge is 0.228 e. The third-order valence-corrected chi connectivity index (χ3v) is 10.9. The van der Waals surface area contributed by atoms with Crippen LogP contribution in [0.25, 0.3) is 21.8 Å². The van der Waals surface area contributed by atoms with E-state index in [2.05, 4.69) is 105 Å². The summed E-state index contributed by atoms with van der Waals surface area (Å²) < 4.78 is 19.4. The van der Waals surface area contributed by atoms with Crippen molar-refractivity contribution in [2.45, 2.75) is 26.3 Å². The molecule has 4 rings (SSSR count). The van der Waals surface area contributed by atoms with E-state index in [9.17, 15) is 9.59 Å². The molecule has 0 bridgehead atoms. The molecule has 14 heteroatoms. The number of hydrogen-bond donors (Lipinski definition) is 2. The first-order valence-electron chi connectivity index (χ1n) is 11.9. The summed E-state index contributed by atoms with van der Waals surface area (Å²) in [7, 11) is 3.20. The van der Waals surface area contributed by atoms with Crippen molar-refractivity contribution in [3.63, 3.8) is 0 Å². The van der Waals surface area contributed by atoms with Gasteiger partial charge in [0.15, 0.2) is 0 Å². The molecule has 0 spiro atoms. The number of nitrogens with two attached hydrogens (primary N) is 1. The standard InChI is InChI=1S/C26H24Br6N4O4/c1-10(37)34-6-5-12-18-15(7-13(27)23(39-3)21(18)29)36(25(12)31)17(9-33)20-19-16(35(11(2)38)26(20)32)8-14(28)24(40-4)22(19)30/h7-8,17H,5-6,9,33H2,1-4H3,(H,34,37). The fourth-order valence-electron chi connectivity index (χ4n) is 5.01. The quantitative estimate of drug-likeness (QED) is 0.186. The van der Waals surface area contributed by atoms with Crippen molar-refractivity contribution in [1.82, 2.24) is 14.5 Å². The van der Waals surface area contributed by atoms with Crippen molar-refractivity contribution >= 4 is 129 Å². The lowest BCUT2D eigenvalue weighted by atomic mass is 10.0. The lowest BCUT2D eigenvalue weighted by Gasteiger charge is -2.22. The maximum absolute atomic E-state index is 12.9. The number of benzene rings is 2. The topological polar surface area (TPSA) is 101 Å². The van der Waals surface area contributed by atoms with Gasteiger partial charge in [0.2, 0.25) is 11.8 Å². The third-order valence-electron chi connectivity index (χ3n) is 6.60. The Labute approximate surface area is 281 Å². The van der Waals surface area contributed by atoms with Gasteiger partial charge in [-0.15, -0.1) is 0 Å². The van der Waals surface area contributed by atoms with Gasteiger partial charge in [-0.2, -0.15) is 0 Å². The summed E-state index contributed by atoms with van der Waals surface area (Å²) in [6.45, 7) is 3.65. The van der Waals surface area contributed by atoms with Gasteiger partial charge in [-0.1, -0.05) is 0 Å². The lowest BCUT2D eigenvalue weighted by Crippen LogP contribution is -2.23. The van der Waals surface area contributed by atoms with Crippen molar-refractivity contribution in [2.24, 2.45) is 5.73 Å². The number of carbonyl (C=O) groups is 2. The molecule has 1 unspecified atom stereocenters. The second-order valence-electron chi connectivity index (χ2n) is 8.88. The van der Waals surface area contributed by atoms with Crippen LogP contribution in [0.4, 0.5) is 0 Å². The van der Waals surface area contributed by atoms with Crippen LogP contribution in [0.15, 0.2) is 39.2 Å². The van der Waals surface area contributed by atoms with Crippen LogP contribution in [0.2, 0.25) is 0 Å². The summed E-state index contributed by atoms with van der Waals surface area (Å²) in [6.07, 6.45) is 0.547. The Morgan fingerprint density at radius 1 is 0.900 bits per heavy atom. The Balaban J connectivity index is 2.13. The Hall–Kier alpha value is -0.900. The van der Waals surface area contributed by atoms with Crippen molar-refractivity contribution in [3.8, 4) is 11.5 Å². The number of nitrogens with zero attached hydrogens (tertiary/aromatic N) is 2. The molecular formula is C26H24Br6N4O4. The second-order valence-corrected chi connectivity index (χ2v) is 13.7. The Bertz CT molecular complexity index is 1680. The maximum atomic E-state index is 12.9. The zero-order chi connectivity index (χ0) is 29.6. The molecule has 8 nitrogen and oxygen atoms in total. The van der Waals surface area contributed by atoms with E-state index < -0.39 is 6.04 Å². The van der Waals surface area contributed by atoms with Crippen molar-refractivity contribution in [1.29, 1.82) is 0 Å². The van der Waals surface area contributed by atoms with Crippen LogP contribution >= 0.6 is 95.6 Å². The summed E-state index contributed by atoms with van der Waals surface area (Å²) in [5.41, 5.74) is 9.89. The zero-order valence-electron chi connectivity index (χ0n) is 21.7. The van der Waals surface area contributed by atoms with E-state index in [-0.39, 0.29) is 18.4 Å². The predicted molar refractivity (Wildman–Crippen MR) is 179 cm³/mol. The van der Waals surface area contributed by atoms with Crippen LogP contribution in [0, 0.1) is 0 Å². The molecular weight excluding hydrogens is 912 g/mol. The molecule has 1 amide bonds. The van der Waals surface area contributed by atoms with Gasteiger partial charge >= 0.3 is 0 Å². The minimum atomic E-state index is -0.432. The number of aromatic nitrogens is 2. The number of rotatable bonds is 8. The average molecular weight is 936 g/mol. The molecule has 40 heavy (non-hydrogen) atoms. The van der Waals surface area contributed by atoms with Gasteiger partial charge in [-0.05, 0) is 120 Å². The van der Waals surface area contributed by atoms with Gasteiger partial charge in [0.05, 0.1) is 58.4 Å². The molecule has 0 aliphatic carbocycles. The van der Waals surface area contributed by atoms with Gasteiger partial charge in [0, 0.05) is 43.3 Å². The molecule has 0 fully saturated rings. The Kier molecular flexibility index (Phi) is 10.2. The van der Waals surface area contributed by atoms with Crippen LogP contribution in [0.5, 0.6) is 11.5 Å². The van der Waals surface area contributed by atoms with Crippen molar-refractivity contribution < 1.29 is 19.1 Å². The minimum Gasteiger partial charge on any atom is -0.494 e. The largest absolute Gasteiger partial charge is 0.494 e. The van der Waals surface area contributed by atoms with Crippen LogP contribution in [0.1, 0.15) is 35.8 Å². The van der Waals surface area contributed by atoms with Gasteiger partial charge in [0.1, 0.15) is 11.5 Å². The first kappa shape index (κ1) is 32.0.